The molecule has 6 aliphatic rings. The second-order valence-corrected chi connectivity index (χ2v) is 21.2. The van der Waals surface area contributed by atoms with Gasteiger partial charge in [-0.05, 0) is 98.8 Å². The monoisotopic (exact) mass is 809 g/mol. The Hall–Kier alpha value is -4.83. The average Bonchev–Trinajstić information content (AvgIpc) is 3.72. The zero-order valence-corrected chi connectivity index (χ0v) is 37.6. The van der Waals surface area contributed by atoms with E-state index in [-0.39, 0.29) is 28.7 Å². The Morgan fingerprint density at radius 1 is 0.787 bits per heavy atom. The smallest absolute Gasteiger partial charge is 0.272 e. The first-order chi connectivity index (χ1) is 30.2. The first-order valence-corrected chi connectivity index (χ1v) is 23.8. The summed E-state index contributed by atoms with van der Waals surface area (Å²) in [4.78, 5) is 8.69. The Morgan fingerprint density at radius 3 is 2.21 bits per heavy atom. The van der Waals surface area contributed by atoms with E-state index in [4.69, 9.17) is 4.99 Å². The first-order valence-electron chi connectivity index (χ1n) is 24.8. The molecule has 1 spiro atoms. The predicted molar refractivity (Wildman–Crippen MR) is 256 cm³/mol. The lowest BCUT2D eigenvalue weighted by Gasteiger charge is -2.46. The summed E-state index contributed by atoms with van der Waals surface area (Å²) in [5.41, 5.74) is 11.1. The topological polar surface area (TPSA) is 21.6 Å². The fourth-order valence-electron chi connectivity index (χ4n) is 12.7. The highest BCUT2D eigenvalue weighted by molar-refractivity contribution is 6.18. The van der Waals surface area contributed by atoms with Crippen molar-refractivity contribution in [2.45, 2.75) is 160 Å². The van der Waals surface area contributed by atoms with Gasteiger partial charge in [0.25, 0.3) is 6.34 Å². The van der Waals surface area contributed by atoms with Crippen LogP contribution in [0.4, 0.5) is 0 Å². The molecule has 3 aliphatic carbocycles. The van der Waals surface area contributed by atoms with Crippen molar-refractivity contribution in [1.29, 1.82) is 0 Å². The average molecular weight is 809 g/mol. The summed E-state index contributed by atoms with van der Waals surface area (Å²) in [5, 5.41) is 4.82. The molecule has 0 radical (unpaired) electrons. The normalized spacial score (nSPS) is 25.7. The predicted octanol–water partition coefficient (Wildman–Crippen LogP) is 13.0. The minimum atomic E-state index is -1.49. The van der Waals surface area contributed by atoms with E-state index >= 15 is 0 Å². The van der Waals surface area contributed by atoms with Gasteiger partial charge in [-0.1, -0.05) is 164 Å². The van der Waals surface area contributed by atoms with Crippen LogP contribution in [0, 0.1) is 5.92 Å². The van der Waals surface area contributed by atoms with Gasteiger partial charge in [0.1, 0.15) is 11.3 Å². The first kappa shape index (κ1) is 36.8. The van der Waals surface area contributed by atoms with E-state index < -0.39 is 12.2 Å². The molecule has 11 rings (SSSR count). The summed E-state index contributed by atoms with van der Waals surface area (Å²) in [5.74, 6) is -0.862. The standard InChI is InChI=1S/C57H66N4/c1-37(2)31-40-33-49-50(47-26-18-17-25-45(40)47)52-53-51-46-29-28-42(55(3,4)5)32-39(46)27-30-48(51)57(61(53)36-58-54(52)56(49,6)7)59(43-21-13-9-14-22-43)34-41(38-19-11-8-12-20-38)35-60(57)44-23-15-10-16-24-44/h8,11-12,17-20,25-30,32-37,43-44,52,54H,9-10,13-16,21-24,31H2,1-7H3/q+2/i31D2. The Bertz CT molecular complexity index is 2790. The van der Waals surface area contributed by atoms with E-state index in [1.54, 1.807) is 0 Å². The fraction of sp³-hybridized carbons (Fsp3) is 0.456. The summed E-state index contributed by atoms with van der Waals surface area (Å²) in [6.07, 6.45) is 18.2. The van der Waals surface area contributed by atoms with Crippen LogP contribution in [0.3, 0.4) is 0 Å². The van der Waals surface area contributed by atoms with Gasteiger partial charge in [0.2, 0.25) is 0 Å². The Labute approximate surface area is 367 Å². The third-order valence-corrected chi connectivity index (χ3v) is 15.6. The highest BCUT2D eigenvalue weighted by Crippen LogP contribution is 2.58. The quantitative estimate of drug-likeness (QED) is 0.162. The van der Waals surface area contributed by atoms with Gasteiger partial charge >= 0.3 is 5.79 Å². The van der Waals surface area contributed by atoms with Crippen molar-refractivity contribution in [3.05, 3.63) is 136 Å². The van der Waals surface area contributed by atoms with Gasteiger partial charge in [0.15, 0.2) is 18.3 Å². The molecule has 61 heavy (non-hydrogen) atoms. The molecular formula is C57H66N4+2. The maximum absolute atomic E-state index is 9.52. The van der Waals surface area contributed by atoms with Gasteiger partial charge in [0.05, 0.1) is 11.5 Å². The maximum Gasteiger partial charge on any atom is 0.417 e. The van der Waals surface area contributed by atoms with Crippen LogP contribution in [-0.2, 0) is 23.0 Å². The molecule has 2 fully saturated rings. The molecule has 4 heteroatoms. The lowest BCUT2D eigenvalue weighted by molar-refractivity contribution is -0.840. The fourth-order valence-corrected chi connectivity index (χ4v) is 12.7. The van der Waals surface area contributed by atoms with Crippen molar-refractivity contribution in [2.75, 3.05) is 0 Å². The van der Waals surface area contributed by atoms with E-state index in [0.29, 0.717) is 12.1 Å². The maximum atomic E-state index is 9.52. The van der Waals surface area contributed by atoms with Crippen LogP contribution >= 0.6 is 0 Å². The lowest BCUT2D eigenvalue weighted by Crippen LogP contribution is -2.65. The number of benzene rings is 5. The van der Waals surface area contributed by atoms with Gasteiger partial charge in [-0.15, -0.1) is 4.58 Å². The molecule has 0 amide bonds. The van der Waals surface area contributed by atoms with Crippen LogP contribution in [0.25, 0.3) is 27.1 Å². The number of rotatable bonds is 5. The second kappa shape index (κ2) is 14.4. The molecule has 0 saturated heterocycles. The molecule has 0 N–H and O–H groups in total. The third-order valence-electron chi connectivity index (χ3n) is 15.6. The molecule has 3 unspecified atom stereocenters. The summed E-state index contributed by atoms with van der Waals surface area (Å²) < 4.78 is 24.6. The minimum Gasteiger partial charge on any atom is -0.272 e. The molecule has 2 saturated carbocycles. The number of aliphatic imine (C=N–C) groups is 1. The summed E-state index contributed by atoms with van der Waals surface area (Å²) in [7, 11) is 0. The van der Waals surface area contributed by atoms with E-state index in [1.165, 1.54) is 125 Å². The Morgan fingerprint density at radius 2 is 1.49 bits per heavy atom. The van der Waals surface area contributed by atoms with Crippen molar-refractivity contribution in [1.82, 2.24) is 4.90 Å². The largest absolute Gasteiger partial charge is 0.417 e. The number of fused-ring (bicyclic) bond motifs is 12. The van der Waals surface area contributed by atoms with Crippen LogP contribution < -0.4 is 0 Å². The van der Waals surface area contributed by atoms with Crippen LogP contribution in [0.5, 0.6) is 0 Å². The lowest BCUT2D eigenvalue weighted by atomic mass is 9.78. The van der Waals surface area contributed by atoms with Gasteiger partial charge in [-0.2, -0.15) is 4.58 Å². The van der Waals surface area contributed by atoms with E-state index in [9.17, 15) is 2.74 Å². The number of hydrogen-bond acceptors (Lipinski definition) is 2. The molecule has 0 bridgehead atoms. The van der Waals surface area contributed by atoms with E-state index in [0.717, 1.165) is 10.9 Å². The highest BCUT2D eigenvalue weighted by atomic mass is 15.5. The molecule has 3 aliphatic heterocycles. The van der Waals surface area contributed by atoms with Crippen LogP contribution in [0.1, 0.15) is 160 Å². The number of nitrogens with zero attached hydrogens (tertiary/aromatic N) is 4. The Balaban J connectivity index is 1.27. The van der Waals surface area contributed by atoms with Gasteiger partial charge in [0, 0.05) is 38.8 Å². The molecule has 3 atom stereocenters. The van der Waals surface area contributed by atoms with Crippen molar-refractivity contribution in [3.63, 3.8) is 0 Å². The molecule has 5 aromatic rings. The van der Waals surface area contributed by atoms with Crippen LogP contribution in [-0.4, -0.2) is 50.4 Å². The number of allylic oxidation sites excluding steroid dienone is 1. The summed E-state index contributed by atoms with van der Waals surface area (Å²) in [6.45, 7) is 15.8. The molecule has 4 nitrogen and oxygen atoms in total. The minimum absolute atomic E-state index is 0.0225. The van der Waals surface area contributed by atoms with Crippen molar-refractivity contribution in [2.24, 2.45) is 10.9 Å². The third kappa shape index (κ3) is 5.86. The zero-order valence-electron chi connectivity index (χ0n) is 39.6. The number of hydrogen-bond donors (Lipinski definition) is 0. The van der Waals surface area contributed by atoms with Crippen molar-refractivity contribution < 1.29 is 11.9 Å². The van der Waals surface area contributed by atoms with Crippen LogP contribution in [0.2, 0.25) is 0 Å². The molecule has 312 valence electrons. The molecule has 5 aromatic carbocycles. The molecule has 0 aromatic heterocycles. The molecular weight excluding hydrogens is 741 g/mol. The van der Waals surface area contributed by atoms with Crippen LogP contribution in [0.15, 0.2) is 102 Å². The van der Waals surface area contributed by atoms with Gasteiger partial charge in [-0.3, -0.25) is 4.90 Å². The van der Waals surface area contributed by atoms with E-state index in [2.05, 4.69) is 158 Å². The van der Waals surface area contributed by atoms with Gasteiger partial charge < -0.3 is 0 Å². The molecule has 3 heterocycles. The highest BCUT2D eigenvalue weighted by Gasteiger charge is 2.70. The summed E-state index contributed by atoms with van der Waals surface area (Å²) >= 11 is 0. The van der Waals surface area contributed by atoms with Crippen molar-refractivity contribution >= 4 is 45.4 Å². The SMILES string of the molecule is [2H]C([2H])(c1cc2c(c3ccccc13)C1C3=[N+](C=NC1C2(C)C)C1(c2ccc4cc(C(C)(C)C)ccc4c23)N(C2CCCCC2)C=C(c2ccccc2)C=[N+]1C1CCCCC1)C(C)C. The Kier molecular flexibility index (Phi) is 8.66. The zero-order chi connectivity index (χ0) is 43.6. The van der Waals surface area contributed by atoms with Crippen molar-refractivity contribution in [3.8, 4) is 0 Å². The van der Waals surface area contributed by atoms with E-state index in [1.807, 2.05) is 13.8 Å². The van der Waals surface area contributed by atoms with Gasteiger partial charge in [-0.25, -0.2) is 0 Å². The summed E-state index contributed by atoms with van der Waals surface area (Å²) in [6, 6.07) is 35.1. The second-order valence-electron chi connectivity index (χ2n) is 21.2.